The summed E-state index contributed by atoms with van der Waals surface area (Å²) in [5, 5.41) is 0. The molecule has 2 aromatic rings. The molecule has 1 saturated heterocycles. The summed E-state index contributed by atoms with van der Waals surface area (Å²) >= 11 is 0. The molecule has 7 heteroatoms. The second-order valence-electron chi connectivity index (χ2n) is 6.17. The van der Waals surface area contributed by atoms with Gasteiger partial charge in [-0.3, -0.25) is 4.79 Å². The molecule has 0 radical (unpaired) electrons. The molecule has 0 atom stereocenters. The van der Waals surface area contributed by atoms with E-state index < -0.39 is 0 Å². The van der Waals surface area contributed by atoms with Gasteiger partial charge in [0.15, 0.2) is 11.5 Å². The molecule has 0 saturated carbocycles. The number of ether oxygens (including phenoxy) is 3. The Morgan fingerprint density at radius 2 is 1.56 bits per heavy atom. The van der Waals surface area contributed by atoms with Crippen LogP contribution in [0.4, 0.5) is 10.1 Å². The molecule has 6 nitrogen and oxygen atoms in total. The average molecular weight is 374 g/mol. The summed E-state index contributed by atoms with van der Waals surface area (Å²) in [6, 6.07) is 9.81. The van der Waals surface area contributed by atoms with Crippen LogP contribution in [0.25, 0.3) is 0 Å². The highest BCUT2D eigenvalue weighted by atomic mass is 19.1. The number of amides is 1. The SMILES string of the molecule is COc1cc(C(=O)N2CCN(c3cccc(F)c3)CC2)cc(OC)c1OC. The Morgan fingerprint density at radius 3 is 2.07 bits per heavy atom. The van der Waals surface area contributed by atoms with Gasteiger partial charge in [-0.25, -0.2) is 4.39 Å². The van der Waals surface area contributed by atoms with Crippen molar-refractivity contribution in [3.63, 3.8) is 0 Å². The number of methoxy groups -OCH3 is 3. The minimum Gasteiger partial charge on any atom is -0.493 e. The molecule has 144 valence electrons. The highest BCUT2D eigenvalue weighted by Gasteiger charge is 2.25. The molecule has 0 aromatic heterocycles. The van der Waals surface area contributed by atoms with Crippen LogP contribution in [-0.4, -0.2) is 58.3 Å². The van der Waals surface area contributed by atoms with E-state index in [-0.39, 0.29) is 11.7 Å². The summed E-state index contributed by atoms with van der Waals surface area (Å²) in [7, 11) is 4.56. The van der Waals surface area contributed by atoms with Crippen LogP contribution in [0.5, 0.6) is 17.2 Å². The van der Waals surface area contributed by atoms with Crippen LogP contribution in [0.3, 0.4) is 0 Å². The molecule has 27 heavy (non-hydrogen) atoms. The molecule has 1 fully saturated rings. The molecule has 1 amide bonds. The molecule has 0 aliphatic carbocycles. The summed E-state index contributed by atoms with van der Waals surface area (Å²) in [5.74, 6) is 0.973. The zero-order chi connectivity index (χ0) is 19.4. The third kappa shape index (κ3) is 3.92. The monoisotopic (exact) mass is 374 g/mol. The average Bonchev–Trinajstić information content (AvgIpc) is 2.72. The van der Waals surface area contributed by atoms with E-state index in [4.69, 9.17) is 14.2 Å². The Morgan fingerprint density at radius 1 is 0.926 bits per heavy atom. The van der Waals surface area contributed by atoms with Crippen molar-refractivity contribution in [2.75, 3.05) is 52.4 Å². The molecule has 2 aromatic carbocycles. The Bertz CT molecular complexity index is 794. The van der Waals surface area contributed by atoms with Gasteiger partial charge < -0.3 is 24.0 Å². The number of rotatable bonds is 5. The van der Waals surface area contributed by atoms with Crippen LogP contribution in [-0.2, 0) is 0 Å². The fraction of sp³-hybridized carbons (Fsp3) is 0.350. The van der Waals surface area contributed by atoms with Crippen LogP contribution < -0.4 is 19.1 Å². The van der Waals surface area contributed by atoms with Crippen molar-refractivity contribution in [3.8, 4) is 17.2 Å². The van der Waals surface area contributed by atoms with Gasteiger partial charge in [0, 0.05) is 37.4 Å². The lowest BCUT2D eigenvalue weighted by Crippen LogP contribution is -2.48. The molecule has 0 bridgehead atoms. The van der Waals surface area contributed by atoms with Crippen molar-refractivity contribution < 1.29 is 23.4 Å². The molecule has 1 aliphatic heterocycles. The largest absolute Gasteiger partial charge is 0.493 e. The van der Waals surface area contributed by atoms with E-state index in [1.807, 2.05) is 6.07 Å². The van der Waals surface area contributed by atoms with E-state index in [9.17, 15) is 9.18 Å². The summed E-state index contributed by atoms with van der Waals surface area (Å²) in [6.45, 7) is 2.37. The van der Waals surface area contributed by atoms with Crippen molar-refractivity contribution in [3.05, 3.63) is 47.8 Å². The molecule has 1 heterocycles. The lowest BCUT2D eigenvalue weighted by Gasteiger charge is -2.36. The van der Waals surface area contributed by atoms with Gasteiger partial charge in [0.05, 0.1) is 21.3 Å². The smallest absolute Gasteiger partial charge is 0.254 e. The van der Waals surface area contributed by atoms with Crippen LogP contribution in [0, 0.1) is 5.82 Å². The summed E-state index contributed by atoms with van der Waals surface area (Å²) < 4.78 is 29.4. The van der Waals surface area contributed by atoms with Crippen LogP contribution in [0.1, 0.15) is 10.4 Å². The summed E-state index contributed by atoms with van der Waals surface area (Å²) in [4.78, 5) is 16.8. The lowest BCUT2D eigenvalue weighted by molar-refractivity contribution is 0.0746. The Hall–Kier alpha value is -2.96. The van der Waals surface area contributed by atoms with Gasteiger partial charge in [-0.1, -0.05) is 6.07 Å². The van der Waals surface area contributed by atoms with E-state index in [1.165, 1.54) is 33.5 Å². The first kappa shape index (κ1) is 18.8. The molecular formula is C20H23FN2O4. The summed E-state index contributed by atoms with van der Waals surface area (Å²) in [5.41, 5.74) is 1.30. The molecule has 1 aliphatic rings. The predicted octanol–water partition coefficient (Wildman–Crippen LogP) is 2.81. The van der Waals surface area contributed by atoms with E-state index in [1.54, 1.807) is 23.1 Å². The normalized spacial score (nSPS) is 14.1. The minimum absolute atomic E-state index is 0.104. The number of carbonyl (C=O) groups is 1. The molecule has 0 spiro atoms. The third-order valence-electron chi connectivity index (χ3n) is 4.65. The Kier molecular flexibility index (Phi) is 5.69. The number of hydrogen-bond donors (Lipinski definition) is 0. The number of carbonyl (C=O) groups excluding carboxylic acids is 1. The van der Waals surface area contributed by atoms with Crippen molar-refractivity contribution in [2.45, 2.75) is 0 Å². The van der Waals surface area contributed by atoms with Gasteiger partial charge in [0.1, 0.15) is 5.82 Å². The van der Waals surface area contributed by atoms with Crippen molar-refractivity contribution in [2.24, 2.45) is 0 Å². The zero-order valence-electron chi connectivity index (χ0n) is 15.7. The topological polar surface area (TPSA) is 51.2 Å². The Labute approximate surface area is 158 Å². The van der Waals surface area contributed by atoms with Crippen molar-refractivity contribution >= 4 is 11.6 Å². The second kappa shape index (κ2) is 8.16. The summed E-state index contributed by atoms with van der Waals surface area (Å²) in [6.07, 6.45) is 0. The predicted molar refractivity (Wildman–Crippen MR) is 101 cm³/mol. The number of anilines is 1. The maximum absolute atomic E-state index is 13.4. The van der Waals surface area contributed by atoms with E-state index >= 15 is 0 Å². The Balaban J connectivity index is 1.74. The maximum Gasteiger partial charge on any atom is 0.254 e. The highest BCUT2D eigenvalue weighted by Crippen LogP contribution is 2.38. The fourth-order valence-electron chi connectivity index (χ4n) is 3.23. The third-order valence-corrected chi connectivity index (χ3v) is 4.65. The maximum atomic E-state index is 13.4. The van der Waals surface area contributed by atoms with Crippen LogP contribution in [0.15, 0.2) is 36.4 Å². The number of halogens is 1. The number of nitrogens with zero attached hydrogens (tertiary/aromatic N) is 2. The first-order valence-electron chi connectivity index (χ1n) is 8.67. The van der Waals surface area contributed by atoms with Gasteiger partial charge >= 0.3 is 0 Å². The first-order valence-corrected chi connectivity index (χ1v) is 8.67. The van der Waals surface area contributed by atoms with E-state index in [0.29, 0.717) is 49.0 Å². The quantitative estimate of drug-likeness (QED) is 0.806. The fourth-order valence-corrected chi connectivity index (χ4v) is 3.23. The number of benzene rings is 2. The molecule has 0 unspecified atom stereocenters. The standard InChI is InChI=1S/C20H23FN2O4/c1-25-17-11-14(12-18(26-2)19(17)27-3)20(24)23-9-7-22(8-10-23)16-6-4-5-15(21)13-16/h4-6,11-13H,7-10H2,1-3H3. The van der Waals surface area contributed by atoms with Gasteiger partial charge in [-0.05, 0) is 30.3 Å². The number of hydrogen-bond acceptors (Lipinski definition) is 5. The van der Waals surface area contributed by atoms with Gasteiger partial charge in [-0.2, -0.15) is 0 Å². The second-order valence-corrected chi connectivity index (χ2v) is 6.17. The van der Waals surface area contributed by atoms with Gasteiger partial charge in [0.25, 0.3) is 5.91 Å². The van der Waals surface area contributed by atoms with E-state index in [0.717, 1.165) is 5.69 Å². The van der Waals surface area contributed by atoms with Crippen molar-refractivity contribution in [1.29, 1.82) is 0 Å². The van der Waals surface area contributed by atoms with Crippen molar-refractivity contribution in [1.82, 2.24) is 4.90 Å². The molecule has 0 N–H and O–H groups in total. The van der Waals surface area contributed by atoms with E-state index in [2.05, 4.69) is 4.90 Å². The minimum atomic E-state index is -0.261. The van der Waals surface area contributed by atoms with Crippen LogP contribution in [0.2, 0.25) is 0 Å². The molecule has 3 rings (SSSR count). The van der Waals surface area contributed by atoms with Gasteiger partial charge in [0.2, 0.25) is 5.75 Å². The first-order chi connectivity index (χ1) is 13.1. The highest BCUT2D eigenvalue weighted by molar-refractivity contribution is 5.95. The zero-order valence-corrected chi connectivity index (χ0v) is 15.7. The lowest BCUT2D eigenvalue weighted by atomic mass is 10.1. The molecular weight excluding hydrogens is 351 g/mol. The van der Waals surface area contributed by atoms with Crippen LogP contribution >= 0.6 is 0 Å². The number of piperazine rings is 1. The van der Waals surface area contributed by atoms with Gasteiger partial charge in [-0.15, -0.1) is 0 Å².